The van der Waals surface area contributed by atoms with Crippen LogP contribution in [-0.2, 0) is 22.6 Å². The van der Waals surface area contributed by atoms with Crippen molar-refractivity contribution in [2.75, 3.05) is 13.2 Å². The topological polar surface area (TPSA) is 98.0 Å². The highest BCUT2D eigenvalue weighted by Gasteiger charge is 2.21. The molecule has 3 aromatic carbocycles. The van der Waals surface area contributed by atoms with Crippen molar-refractivity contribution < 1.29 is 42.4 Å². The molecule has 1 heterocycles. The summed E-state index contributed by atoms with van der Waals surface area (Å²) in [5.74, 6) is -3.91. The van der Waals surface area contributed by atoms with Crippen molar-refractivity contribution in [1.29, 1.82) is 0 Å². The van der Waals surface area contributed by atoms with Crippen LogP contribution in [0.2, 0.25) is 0 Å². The van der Waals surface area contributed by atoms with Gasteiger partial charge < -0.3 is 24.3 Å². The molecular formula is C33H30F3NO6. The highest BCUT2D eigenvalue weighted by molar-refractivity contribution is 5.95. The standard InChI is InChI=1S/C33H30F3NO6/c1-21-25(6-4-9-29(38)39)31-26(34)17-14-23(32(31)37(21)20-30(40)41)13-10-22-11-15-24(16-12-22)42-18-2-3-19-43-33-27(35)7-5-8-28(33)36/h2-3,5,7-8,10-17H,4,6,9,18-20H2,1H3,(H,38,39)(H,40,41). The zero-order chi connectivity index (χ0) is 30.9. The molecule has 43 heavy (non-hydrogen) atoms. The van der Waals surface area contributed by atoms with E-state index in [1.54, 1.807) is 47.9 Å². The normalized spacial score (nSPS) is 11.5. The molecule has 0 radical (unpaired) electrons. The number of carboxylic acids is 2. The molecule has 2 N–H and O–H groups in total. The monoisotopic (exact) mass is 593 g/mol. The van der Waals surface area contributed by atoms with E-state index in [-0.39, 0.29) is 26.2 Å². The predicted molar refractivity (Wildman–Crippen MR) is 157 cm³/mol. The van der Waals surface area contributed by atoms with Crippen LogP contribution >= 0.6 is 0 Å². The summed E-state index contributed by atoms with van der Waals surface area (Å²) < 4.78 is 54.6. The molecular weight excluding hydrogens is 563 g/mol. The van der Waals surface area contributed by atoms with Gasteiger partial charge in [0.05, 0.1) is 5.52 Å². The van der Waals surface area contributed by atoms with E-state index in [4.69, 9.17) is 14.6 Å². The number of hydrogen-bond acceptors (Lipinski definition) is 4. The zero-order valence-electron chi connectivity index (χ0n) is 23.4. The second kappa shape index (κ2) is 14.3. The quantitative estimate of drug-likeness (QED) is 0.120. The fourth-order valence-electron chi connectivity index (χ4n) is 4.76. The van der Waals surface area contributed by atoms with Crippen LogP contribution in [0.25, 0.3) is 23.1 Å². The zero-order valence-corrected chi connectivity index (χ0v) is 23.4. The molecule has 0 aliphatic rings. The fourth-order valence-corrected chi connectivity index (χ4v) is 4.76. The number of rotatable bonds is 14. The third kappa shape index (κ3) is 7.85. The first-order valence-corrected chi connectivity index (χ1v) is 13.5. The molecule has 0 unspecified atom stereocenters. The van der Waals surface area contributed by atoms with Crippen LogP contribution in [0.3, 0.4) is 0 Å². The van der Waals surface area contributed by atoms with Gasteiger partial charge in [-0.1, -0.05) is 30.4 Å². The molecule has 224 valence electrons. The molecule has 0 bridgehead atoms. The number of halogens is 3. The summed E-state index contributed by atoms with van der Waals surface area (Å²) in [5.41, 5.74) is 3.06. The number of benzene rings is 3. The summed E-state index contributed by atoms with van der Waals surface area (Å²) in [6.45, 7) is 1.54. The van der Waals surface area contributed by atoms with Crippen LogP contribution in [0.4, 0.5) is 13.2 Å². The third-order valence-corrected chi connectivity index (χ3v) is 6.77. The highest BCUT2D eigenvalue weighted by Crippen LogP contribution is 2.33. The number of fused-ring (bicyclic) bond motifs is 1. The van der Waals surface area contributed by atoms with Gasteiger partial charge >= 0.3 is 11.9 Å². The van der Waals surface area contributed by atoms with E-state index in [0.717, 1.165) is 17.7 Å². The van der Waals surface area contributed by atoms with E-state index in [0.29, 0.717) is 46.3 Å². The van der Waals surface area contributed by atoms with Crippen molar-refractivity contribution in [2.24, 2.45) is 0 Å². The molecule has 10 heteroatoms. The second-order valence-corrected chi connectivity index (χ2v) is 9.70. The summed E-state index contributed by atoms with van der Waals surface area (Å²) in [5, 5.41) is 18.8. The molecule has 4 rings (SSSR count). The van der Waals surface area contributed by atoms with Gasteiger partial charge in [-0.2, -0.15) is 0 Å². The summed E-state index contributed by atoms with van der Waals surface area (Å²) >= 11 is 0. The summed E-state index contributed by atoms with van der Waals surface area (Å²) in [7, 11) is 0. The Kier molecular flexibility index (Phi) is 10.3. The van der Waals surface area contributed by atoms with Crippen molar-refractivity contribution in [3.05, 3.63) is 107 Å². The van der Waals surface area contributed by atoms with Crippen LogP contribution in [0, 0.1) is 24.4 Å². The first-order valence-electron chi connectivity index (χ1n) is 13.5. The molecule has 0 aliphatic heterocycles. The average Bonchev–Trinajstić information content (AvgIpc) is 3.23. The van der Waals surface area contributed by atoms with Crippen molar-refractivity contribution in [2.45, 2.75) is 32.7 Å². The number of aromatic nitrogens is 1. The number of hydrogen-bond donors (Lipinski definition) is 2. The summed E-state index contributed by atoms with van der Waals surface area (Å²) in [4.78, 5) is 22.6. The largest absolute Gasteiger partial charge is 0.490 e. The van der Waals surface area contributed by atoms with Crippen LogP contribution in [0.1, 0.15) is 35.2 Å². The van der Waals surface area contributed by atoms with Gasteiger partial charge in [0.15, 0.2) is 17.4 Å². The maximum Gasteiger partial charge on any atom is 0.323 e. The van der Waals surface area contributed by atoms with Gasteiger partial charge in [-0.15, -0.1) is 0 Å². The van der Waals surface area contributed by atoms with E-state index in [1.807, 2.05) is 18.2 Å². The number of nitrogens with zero attached hydrogens (tertiary/aromatic N) is 1. The maximum absolute atomic E-state index is 15.1. The van der Waals surface area contributed by atoms with Gasteiger partial charge in [0.2, 0.25) is 0 Å². The lowest BCUT2D eigenvalue weighted by Crippen LogP contribution is -2.10. The second-order valence-electron chi connectivity index (χ2n) is 9.70. The van der Waals surface area contributed by atoms with E-state index in [9.17, 15) is 23.5 Å². The van der Waals surface area contributed by atoms with Crippen LogP contribution < -0.4 is 9.47 Å². The molecule has 0 saturated heterocycles. The van der Waals surface area contributed by atoms with Gasteiger partial charge in [-0.05, 0) is 85.0 Å². The maximum atomic E-state index is 15.1. The first kappa shape index (κ1) is 31.0. The van der Waals surface area contributed by atoms with E-state index >= 15 is 4.39 Å². The van der Waals surface area contributed by atoms with Crippen molar-refractivity contribution in [3.63, 3.8) is 0 Å². The van der Waals surface area contributed by atoms with Gasteiger partial charge in [0.1, 0.15) is 31.3 Å². The minimum Gasteiger partial charge on any atom is -0.490 e. The average molecular weight is 594 g/mol. The lowest BCUT2D eigenvalue weighted by atomic mass is 10.0. The Morgan fingerprint density at radius 3 is 2.16 bits per heavy atom. The number of para-hydroxylation sites is 1. The minimum absolute atomic E-state index is 0.0270. The van der Waals surface area contributed by atoms with E-state index in [1.165, 1.54) is 12.1 Å². The number of carbonyl (C=O) groups is 2. The Morgan fingerprint density at radius 1 is 0.837 bits per heavy atom. The summed E-state index contributed by atoms with van der Waals surface area (Å²) in [6, 6.07) is 13.6. The lowest BCUT2D eigenvalue weighted by Gasteiger charge is -2.08. The highest BCUT2D eigenvalue weighted by atomic mass is 19.1. The van der Waals surface area contributed by atoms with Crippen LogP contribution in [0.5, 0.6) is 11.5 Å². The van der Waals surface area contributed by atoms with Crippen LogP contribution in [-0.4, -0.2) is 39.9 Å². The fraction of sp³-hybridized carbons (Fsp3) is 0.212. The SMILES string of the molecule is Cc1c(CCCC(=O)O)c2c(F)ccc(C=Cc3ccc(OCC=CCOc4c(F)cccc4F)cc3)c2n1CC(=O)O. The molecule has 7 nitrogen and oxygen atoms in total. The molecule has 0 atom stereocenters. The third-order valence-electron chi connectivity index (χ3n) is 6.77. The molecule has 0 fully saturated rings. The predicted octanol–water partition coefficient (Wildman–Crippen LogP) is 7.04. The van der Waals surface area contributed by atoms with Gasteiger partial charge in [-0.3, -0.25) is 9.59 Å². The van der Waals surface area contributed by atoms with E-state index < -0.39 is 35.1 Å². The number of aliphatic carboxylic acids is 2. The lowest BCUT2D eigenvalue weighted by molar-refractivity contribution is -0.138. The van der Waals surface area contributed by atoms with Crippen molar-refractivity contribution in [3.8, 4) is 11.5 Å². The molecule has 1 aromatic heterocycles. The van der Waals surface area contributed by atoms with E-state index in [2.05, 4.69) is 0 Å². The Balaban J connectivity index is 1.44. The Hall–Kier alpha value is -4.99. The van der Waals surface area contributed by atoms with Gasteiger partial charge in [-0.25, -0.2) is 13.2 Å². The first-order chi connectivity index (χ1) is 20.7. The minimum atomic E-state index is -1.08. The molecule has 4 aromatic rings. The van der Waals surface area contributed by atoms with Gasteiger partial charge in [0, 0.05) is 17.5 Å². The Bertz CT molecular complexity index is 1650. The summed E-state index contributed by atoms with van der Waals surface area (Å²) in [6.07, 6.45) is 7.37. The smallest absolute Gasteiger partial charge is 0.323 e. The molecule has 0 aliphatic carbocycles. The Labute approximate surface area is 246 Å². The number of carboxylic acid groups (broad SMARTS) is 2. The van der Waals surface area contributed by atoms with Crippen molar-refractivity contribution in [1.82, 2.24) is 4.57 Å². The van der Waals surface area contributed by atoms with Crippen molar-refractivity contribution >= 4 is 35.0 Å². The number of aryl methyl sites for hydroxylation is 1. The Morgan fingerprint density at radius 2 is 1.51 bits per heavy atom. The van der Waals surface area contributed by atoms with Crippen LogP contribution in [0.15, 0.2) is 66.7 Å². The molecule has 0 saturated carbocycles. The molecule has 0 amide bonds. The number of ether oxygens (including phenoxy) is 2. The molecule has 0 spiro atoms. The van der Waals surface area contributed by atoms with Gasteiger partial charge in [0.25, 0.3) is 0 Å².